The molecule has 132 valence electrons. The Hall–Kier alpha value is -2.53. The predicted octanol–water partition coefficient (Wildman–Crippen LogP) is 3.11. The van der Waals surface area contributed by atoms with Gasteiger partial charge in [-0.05, 0) is 31.4 Å². The first kappa shape index (κ1) is 17.3. The Balaban J connectivity index is 1.61. The molecule has 0 aliphatic carbocycles. The number of nitrogens with one attached hydrogen (secondary N) is 2. The summed E-state index contributed by atoms with van der Waals surface area (Å²) >= 11 is 0. The number of hydrogen-bond acceptors (Lipinski definition) is 3. The van der Waals surface area contributed by atoms with E-state index in [1.165, 1.54) is 0 Å². The highest BCUT2D eigenvalue weighted by molar-refractivity contribution is 5.74. The quantitative estimate of drug-likeness (QED) is 0.801. The van der Waals surface area contributed by atoms with Crippen LogP contribution in [-0.2, 0) is 5.60 Å². The summed E-state index contributed by atoms with van der Waals surface area (Å²) in [4.78, 5) is 12.3. The fourth-order valence-electron chi connectivity index (χ4n) is 3.04. The van der Waals surface area contributed by atoms with Gasteiger partial charge in [0.25, 0.3) is 0 Å². The number of ether oxygens (including phenoxy) is 1. The summed E-state index contributed by atoms with van der Waals surface area (Å²) in [5.41, 5.74) is 0.636. The molecule has 2 unspecified atom stereocenters. The molecule has 1 aliphatic heterocycles. The molecule has 1 heterocycles. The third kappa shape index (κ3) is 4.31. The zero-order chi connectivity index (χ0) is 17.7. The van der Waals surface area contributed by atoms with Crippen molar-refractivity contribution in [2.45, 2.75) is 31.4 Å². The number of para-hydroxylation sites is 1. The van der Waals surface area contributed by atoms with Crippen LogP contribution in [0.2, 0.25) is 0 Å². The Morgan fingerprint density at radius 2 is 1.92 bits per heavy atom. The van der Waals surface area contributed by atoms with Crippen molar-refractivity contribution in [3.63, 3.8) is 0 Å². The first-order valence-electron chi connectivity index (χ1n) is 8.60. The van der Waals surface area contributed by atoms with Crippen LogP contribution >= 0.6 is 0 Å². The van der Waals surface area contributed by atoms with Crippen LogP contribution in [-0.4, -0.2) is 24.3 Å². The topological polar surface area (TPSA) is 70.6 Å². The molecule has 2 aromatic rings. The summed E-state index contributed by atoms with van der Waals surface area (Å²) in [7, 11) is 0. The maximum Gasteiger partial charge on any atom is 0.315 e. The minimum Gasteiger partial charge on any atom is -0.493 e. The largest absolute Gasteiger partial charge is 0.493 e. The second-order valence-corrected chi connectivity index (χ2v) is 6.55. The van der Waals surface area contributed by atoms with Gasteiger partial charge in [-0.1, -0.05) is 48.5 Å². The van der Waals surface area contributed by atoms with Gasteiger partial charge < -0.3 is 20.5 Å². The molecule has 25 heavy (non-hydrogen) atoms. The van der Waals surface area contributed by atoms with E-state index < -0.39 is 5.60 Å². The van der Waals surface area contributed by atoms with E-state index in [2.05, 4.69) is 10.6 Å². The van der Waals surface area contributed by atoms with E-state index in [-0.39, 0.29) is 18.6 Å². The maximum atomic E-state index is 12.3. The molecular formula is C20H24N2O3. The van der Waals surface area contributed by atoms with E-state index in [0.717, 1.165) is 29.7 Å². The van der Waals surface area contributed by atoms with E-state index in [0.29, 0.717) is 6.61 Å². The molecule has 0 radical (unpaired) electrons. The third-order valence-corrected chi connectivity index (χ3v) is 4.48. The zero-order valence-electron chi connectivity index (χ0n) is 14.4. The van der Waals surface area contributed by atoms with Crippen molar-refractivity contribution in [1.29, 1.82) is 0 Å². The van der Waals surface area contributed by atoms with Crippen molar-refractivity contribution >= 4 is 6.03 Å². The summed E-state index contributed by atoms with van der Waals surface area (Å²) in [5.74, 6) is 0.821. The zero-order valence-corrected chi connectivity index (χ0v) is 14.4. The molecule has 2 atom stereocenters. The van der Waals surface area contributed by atoms with Gasteiger partial charge in [-0.25, -0.2) is 4.79 Å². The summed E-state index contributed by atoms with van der Waals surface area (Å²) in [6.07, 6.45) is 1.70. The summed E-state index contributed by atoms with van der Waals surface area (Å²) < 4.78 is 5.72. The summed E-state index contributed by atoms with van der Waals surface area (Å²) in [6.45, 7) is 2.48. The van der Waals surface area contributed by atoms with Crippen molar-refractivity contribution in [1.82, 2.24) is 10.6 Å². The molecule has 0 aromatic heterocycles. The number of amides is 2. The molecule has 0 spiro atoms. The molecule has 0 bridgehead atoms. The number of urea groups is 1. The molecule has 0 fully saturated rings. The van der Waals surface area contributed by atoms with E-state index in [4.69, 9.17) is 4.74 Å². The van der Waals surface area contributed by atoms with Gasteiger partial charge in [-0.3, -0.25) is 0 Å². The highest BCUT2D eigenvalue weighted by atomic mass is 16.5. The lowest BCUT2D eigenvalue weighted by atomic mass is 9.96. The lowest BCUT2D eigenvalue weighted by Crippen LogP contribution is -2.44. The molecule has 5 nitrogen and oxygen atoms in total. The minimum atomic E-state index is -1.12. The van der Waals surface area contributed by atoms with Gasteiger partial charge in [0.2, 0.25) is 0 Å². The Morgan fingerprint density at radius 1 is 1.20 bits per heavy atom. The van der Waals surface area contributed by atoms with Gasteiger partial charge in [0.15, 0.2) is 0 Å². The van der Waals surface area contributed by atoms with Crippen LogP contribution in [0.15, 0.2) is 54.6 Å². The highest BCUT2D eigenvalue weighted by Crippen LogP contribution is 2.31. The van der Waals surface area contributed by atoms with Gasteiger partial charge in [-0.15, -0.1) is 0 Å². The first-order valence-corrected chi connectivity index (χ1v) is 8.60. The Bertz CT molecular complexity index is 716. The number of hydrogen-bond donors (Lipinski definition) is 3. The second kappa shape index (κ2) is 7.57. The second-order valence-electron chi connectivity index (χ2n) is 6.55. The number of rotatable bonds is 4. The van der Waals surface area contributed by atoms with Gasteiger partial charge in [-0.2, -0.15) is 0 Å². The molecule has 3 N–H and O–H groups in total. The van der Waals surface area contributed by atoms with Crippen molar-refractivity contribution in [3.05, 3.63) is 65.7 Å². The van der Waals surface area contributed by atoms with Crippen molar-refractivity contribution in [2.24, 2.45) is 0 Å². The van der Waals surface area contributed by atoms with E-state index >= 15 is 0 Å². The number of carbonyl (C=O) groups excluding carboxylic acids is 1. The predicted molar refractivity (Wildman–Crippen MR) is 96.5 cm³/mol. The van der Waals surface area contributed by atoms with Crippen LogP contribution in [0.25, 0.3) is 0 Å². The summed E-state index contributed by atoms with van der Waals surface area (Å²) in [6, 6.07) is 16.7. The van der Waals surface area contributed by atoms with Crippen LogP contribution in [0, 0.1) is 0 Å². The first-order chi connectivity index (χ1) is 12.1. The standard InChI is InChI=1S/C20H24N2O3/c1-20(24,15-8-3-2-4-9-15)14-21-19(23)22-17-11-7-13-25-18-12-6-5-10-16(17)18/h2-6,8-10,12,17,24H,7,11,13-14H2,1H3,(H2,21,22,23). The van der Waals surface area contributed by atoms with Crippen LogP contribution in [0.1, 0.15) is 36.9 Å². The van der Waals surface area contributed by atoms with Crippen LogP contribution in [0.5, 0.6) is 5.75 Å². The molecule has 2 amide bonds. The monoisotopic (exact) mass is 340 g/mol. The number of fused-ring (bicyclic) bond motifs is 1. The maximum absolute atomic E-state index is 12.3. The molecule has 3 rings (SSSR count). The molecule has 1 aliphatic rings. The van der Waals surface area contributed by atoms with Crippen LogP contribution in [0.3, 0.4) is 0 Å². The average molecular weight is 340 g/mol. The van der Waals surface area contributed by atoms with Gasteiger partial charge in [0, 0.05) is 5.56 Å². The van der Waals surface area contributed by atoms with Crippen LogP contribution in [0.4, 0.5) is 4.79 Å². The van der Waals surface area contributed by atoms with Gasteiger partial charge in [0.1, 0.15) is 11.4 Å². The Labute approximate surface area is 148 Å². The van der Waals surface area contributed by atoms with E-state index in [1.54, 1.807) is 6.92 Å². The molecule has 2 aromatic carbocycles. The third-order valence-electron chi connectivity index (χ3n) is 4.48. The minimum absolute atomic E-state index is 0.0969. The molecule has 5 heteroatoms. The molecular weight excluding hydrogens is 316 g/mol. The van der Waals surface area contributed by atoms with Crippen molar-refractivity contribution in [3.8, 4) is 5.75 Å². The smallest absolute Gasteiger partial charge is 0.315 e. The number of aliphatic hydroxyl groups is 1. The van der Waals surface area contributed by atoms with Crippen molar-refractivity contribution in [2.75, 3.05) is 13.2 Å². The van der Waals surface area contributed by atoms with Gasteiger partial charge in [0.05, 0.1) is 19.2 Å². The van der Waals surface area contributed by atoms with Crippen LogP contribution < -0.4 is 15.4 Å². The Morgan fingerprint density at radius 3 is 2.72 bits per heavy atom. The van der Waals surface area contributed by atoms with E-state index in [9.17, 15) is 9.90 Å². The molecule has 0 saturated heterocycles. The highest BCUT2D eigenvalue weighted by Gasteiger charge is 2.25. The SMILES string of the molecule is CC(O)(CNC(=O)NC1CCCOc2ccccc21)c1ccccc1. The normalized spacial score (nSPS) is 18.9. The molecule has 0 saturated carbocycles. The van der Waals surface area contributed by atoms with Gasteiger partial charge >= 0.3 is 6.03 Å². The van der Waals surface area contributed by atoms with Crippen molar-refractivity contribution < 1.29 is 14.6 Å². The Kier molecular flexibility index (Phi) is 5.24. The number of carbonyl (C=O) groups is 1. The average Bonchev–Trinajstić information content (AvgIpc) is 2.83. The fourth-order valence-corrected chi connectivity index (χ4v) is 3.04. The lowest BCUT2D eigenvalue weighted by molar-refractivity contribution is 0.0592. The summed E-state index contributed by atoms with van der Waals surface area (Å²) in [5, 5.41) is 16.4. The van der Waals surface area contributed by atoms with E-state index in [1.807, 2.05) is 54.6 Å². The fraction of sp³-hybridized carbons (Fsp3) is 0.350. The number of benzene rings is 2. The lowest BCUT2D eigenvalue weighted by Gasteiger charge is -2.25.